The number of rotatable bonds is 5. The van der Waals surface area contributed by atoms with Crippen LogP contribution >= 0.6 is 37.5 Å². The Hall–Kier alpha value is -1.19. The maximum Gasteiger partial charge on any atom is -0.0226 e. The normalized spacial score (nSPS) is 9.33. The number of hydrogen-bond donors (Lipinski definition) is 0. The molecule has 0 unspecified atom stereocenters. The first-order chi connectivity index (χ1) is 16.2. The van der Waals surface area contributed by atoms with Crippen LogP contribution in [0.15, 0.2) is 121 Å². The van der Waals surface area contributed by atoms with E-state index >= 15 is 0 Å². The maximum absolute atomic E-state index is 4.70. The van der Waals surface area contributed by atoms with Crippen LogP contribution in [0, 0.1) is 0 Å². The Morgan fingerprint density at radius 3 is 0.788 bits per heavy atom. The summed E-state index contributed by atoms with van der Waals surface area (Å²) in [6.07, 6.45) is 2.64. The minimum atomic E-state index is 0.569. The van der Waals surface area contributed by atoms with Crippen LogP contribution in [0.25, 0.3) is 0 Å². The van der Waals surface area contributed by atoms with E-state index in [-0.39, 0.29) is 0 Å². The van der Waals surface area contributed by atoms with Gasteiger partial charge in [-0.25, -0.2) is 0 Å². The first-order valence-electron chi connectivity index (χ1n) is 10.8. The molecular weight excluding hydrogens is 528 g/mol. The molecule has 4 aromatic carbocycles. The summed E-state index contributed by atoms with van der Waals surface area (Å²) in [5.74, 6) is 0. The Morgan fingerprint density at radius 1 is 0.455 bits per heavy atom. The molecule has 4 aromatic rings. The van der Waals surface area contributed by atoms with Gasteiger partial charge < -0.3 is 0 Å². The van der Waals surface area contributed by atoms with E-state index in [0.717, 1.165) is 17.2 Å². The number of benzene rings is 4. The second-order valence-corrected chi connectivity index (χ2v) is 11.2. The summed E-state index contributed by atoms with van der Waals surface area (Å²) in [5.41, 5.74) is 0. The van der Waals surface area contributed by atoms with Crippen molar-refractivity contribution in [3.8, 4) is 0 Å². The van der Waals surface area contributed by atoms with Crippen LogP contribution in [-0.2, 0) is 12.7 Å². The molecule has 0 saturated carbocycles. The van der Waals surface area contributed by atoms with Crippen molar-refractivity contribution in [3.05, 3.63) is 121 Å². The second-order valence-electron chi connectivity index (χ2n) is 6.76. The maximum atomic E-state index is 4.70. The minimum absolute atomic E-state index is 0.569. The van der Waals surface area contributed by atoms with Crippen molar-refractivity contribution in [1.29, 1.82) is 0 Å². The first kappa shape index (κ1) is 29.8. The third kappa shape index (κ3) is 16.1. The van der Waals surface area contributed by atoms with Gasteiger partial charge in [-0.05, 0) is 21.2 Å². The molecule has 178 valence electrons. The molecule has 0 saturated heterocycles. The quantitative estimate of drug-likeness (QED) is 0.173. The van der Waals surface area contributed by atoms with E-state index in [1.807, 2.05) is 0 Å². The molecule has 0 spiro atoms. The standard InChI is InChI=1S/2C12H11P.C4H10.2ClH.Ni/c2*1-3-7-11(8-4-1)13-12-9-5-2-6-10-12;1-3-4-2;;;/h2*1-10,13H;3-4H2,1-2H3;2*1H;/q;;;;;+2/p-2. The van der Waals surface area contributed by atoms with E-state index in [9.17, 15) is 0 Å². The number of unbranched alkanes of at least 4 members (excludes halogenated alkanes) is 1. The molecule has 0 radical (unpaired) electrons. The van der Waals surface area contributed by atoms with Crippen molar-refractivity contribution in [2.45, 2.75) is 26.7 Å². The van der Waals surface area contributed by atoms with E-state index in [1.165, 1.54) is 34.1 Å². The molecule has 0 aliphatic rings. The first-order valence-corrected chi connectivity index (χ1v) is 15.5. The van der Waals surface area contributed by atoms with E-state index in [4.69, 9.17) is 20.4 Å². The fourth-order valence-corrected chi connectivity index (χ4v) is 4.52. The molecule has 0 aromatic heterocycles. The zero-order valence-electron chi connectivity index (χ0n) is 19.0. The van der Waals surface area contributed by atoms with Gasteiger partial charge in [0.05, 0.1) is 0 Å². The molecule has 4 rings (SSSR count). The Bertz CT molecular complexity index is 771. The van der Waals surface area contributed by atoms with E-state index in [1.54, 1.807) is 0 Å². The average molecular weight is 560 g/mol. The number of halogens is 2. The van der Waals surface area contributed by atoms with Crippen LogP contribution < -0.4 is 21.2 Å². The monoisotopic (exact) mass is 558 g/mol. The summed E-state index contributed by atoms with van der Waals surface area (Å²) in [4.78, 5) is 0. The van der Waals surface area contributed by atoms with Crippen molar-refractivity contribution in [1.82, 2.24) is 0 Å². The van der Waals surface area contributed by atoms with Crippen molar-refractivity contribution in [3.63, 3.8) is 0 Å². The van der Waals surface area contributed by atoms with Crippen molar-refractivity contribution in [2.24, 2.45) is 0 Å². The molecule has 0 bridgehead atoms. The summed E-state index contributed by atoms with van der Waals surface area (Å²) in [6.45, 7) is 4.36. The van der Waals surface area contributed by atoms with Gasteiger partial charge >= 0.3 is 33.0 Å². The number of hydrogen-bond acceptors (Lipinski definition) is 0. The summed E-state index contributed by atoms with van der Waals surface area (Å²) >= 11 is 0.569. The molecule has 0 heterocycles. The molecule has 0 N–H and O–H groups in total. The van der Waals surface area contributed by atoms with Crippen LogP contribution in [0.1, 0.15) is 26.7 Å². The molecule has 5 heteroatoms. The fraction of sp³-hybridized carbons (Fsp3) is 0.143. The SMILES string of the molecule is CCCC.[Cl][Ni][Cl].c1ccc(Pc2ccccc2)cc1.c1ccc(Pc2ccccc2)cc1. The van der Waals surface area contributed by atoms with Gasteiger partial charge in [-0.3, -0.25) is 0 Å². The van der Waals surface area contributed by atoms with Gasteiger partial charge in [0.2, 0.25) is 0 Å². The zero-order valence-corrected chi connectivity index (χ0v) is 23.5. The summed E-state index contributed by atoms with van der Waals surface area (Å²) < 4.78 is 0. The predicted molar refractivity (Wildman–Crippen MR) is 153 cm³/mol. The van der Waals surface area contributed by atoms with Crippen LogP contribution in [0.2, 0.25) is 0 Å². The van der Waals surface area contributed by atoms with Crippen LogP contribution in [0.4, 0.5) is 0 Å². The smallest absolute Gasteiger partial charge is 0.0226 e. The molecular formula is C28H32Cl2NiP2. The van der Waals surface area contributed by atoms with Crippen molar-refractivity contribution >= 4 is 58.8 Å². The van der Waals surface area contributed by atoms with Crippen molar-refractivity contribution in [2.75, 3.05) is 0 Å². The van der Waals surface area contributed by atoms with E-state index in [0.29, 0.717) is 12.7 Å². The average Bonchev–Trinajstić information content (AvgIpc) is 2.88. The van der Waals surface area contributed by atoms with Gasteiger partial charge in [0.15, 0.2) is 0 Å². The van der Waals surface area contributed by atoms with Crippen LogP contribution in [-0.4, -0.2) is 0 Å². The Balaban J connectivity index is 0.000000259. The Labute approximate surface area is 218 Å². The molecule has 0 aliphatic heterocycles. The molecule has 0 amide bonds. The van der Waals surface area contributed by atoms with Crippen molar-refractivity contribution < 1.29 is 12.7 Å². The van der Waals surface area contributed by atoms with Gasteiger partial charge in [0.25, 0.3) is 0 Å². The van der Waals surface area contributed by atoms with E-state index < -0.39 is 0 Å². The van der Waals surface area contributed by atoms with Crippen LogP contribution in [0.3, 0.4) is 0 Å². The fourth-order valence-electron chi connectivity index (χ4n) is 2.42. The third-order valence-electron chi connectivity index (χ3n) is 4.17. The molecule has 0 atom stereocenters. The molecule has 33 heavy (non-hydrogen) atoms. The van der Waals surface area contributed by atoms with Gasteiger partial charge in [0.1, 0.15) is 0 Å². The Kier molecular flexibility index (Phi) is 19.3. The summed E-state index contributed by atoms with van der Waals surface area (Å²) in [5, 5.41) is 5.59. The van der Waals surface area contributed by atoms with Gasteiger partial charge in [-0.1, -0.05) is 165 Å². The third-order valence-corrected chi connectivity index (χ3v) is 6.66. The second kappa shape index (κ2) is 21.4. The molecule has 0 fully saturated rings. The minimum Gasteiger partial charge on any atom is -0.0622 e. The molecule has 0 nitrogen and oxygen atoms in total. The van der Waals surface area contributed by atoms with Gasteiger partial charge in [-0.15, -0.1) is 0 Å². The van der Waals surface area contributed by atoms with Gasteiger partial charge in [-0.2, -0.15) is 0 Å². The summed E-state index contributed by atoms with van der Waals surface area (Å²) in [6, 6.07) is 42.3. The Morgan fingerprint density at radius 2 is 0.636 bits per heavy atom. The topological polar surface area (TPSA) is 0 Å². The van der Waals surface area contributed by atoms with Crippen LogP contribution in [0.5, 0.6) is 0 Å². The predicted octanol–water partition coefficient (Wildman–Crippen LogP) is 7.81. The zero-order chi connectivity index (χ0) is 24.0. The summed E-state index contributed by atoms with van der Waals surface area (Å²) in [7, 11) is 11.0. The van der Waals surface area contributed by atoms with Gasteiger partial charge in [0, 0.05) is 0 Å². The molecule has 0 aliphatic carbocycles. The largest absolute Gasteiger partial charge is 0.0622 e. The van der Waals surface area contributed by atoms with E-state index in [2.05, 4.69) is 135 Å².